The summed E-state index contributed by atoms with van der Waals surface area (Å²) in [6, 6.07) is 1.85. The molecule has 0 saturated heterocycles. The number of thiophene rings is 1. The van der Waals surface area contributed by atoms with Crippen LogP contribution in [0.5, 0.6) is 0 Å². The van der Waals surface area contributed by atoms with Crippen LogP contribution in [-0.4, -0.2) is 52.2 Å². The van der Waals surface area contributed by atoms with Gasteiger partial charge in [-0.25, -0.2) is 23.1 Å². The fraction of sp³-hybridized carbons (Fsp3) is 0.375. The fourth-order valence-electron chi connectivity index (χ4n) is 4.36. The first-order valence-corrected chi connectivity index (χ1v) is 14.3. The van der Waals surface area contributed by atoms with E-state index in [1.807, 2.05) is 49.2 Å². The molecule has 1 saturated carbocycles. The molecule has 1 aliphatic carbocycles. The van der Waals surface area contributed by atoms with E-state index in [1.165, 1.54) is 11.3 Å². The van der Waals surface area contributed by atoms with Gasteiger partial charge < -0.3 is 10.6 Å². The molecule has 1 aliphatic heterocycles. The van der Waals surface area contributed by atoms with E-state index in [0.29, 0.717) is 38.7 Å². The Balaban J connectivity index is 1.40. The Labute approximate surface area is 213 Å². The van der Waals surface area contributed by atoms with Crippen molar-refractivity contribution >= 4 is 43.4 Å². The van der Waals surface area contributed by atoms with Crippen molar-refractivity contribution in [3.05, 3.63) is 48.2 Å². The minimum absolute atomic E-state index is 0.330. The van der Waals surface area contributed by atoms with Crippen LogP contribution < -0.4 is 15.4 Å². The highest BCUT2D eigenvalue weighted by Crippen LogP contribution is 2.35. The summed E-state index contributed by atoms with van der Waals surface area (Å²) in [6.07, 6.45) is 12.9. The molecule has 0 unspecified atom stereocenters. The van der Waals surface area contributed by atoms with Crippen LogP contribution in [0.4, 0.5) is 10.8 Å². The zero-order valence-electron chi connectivity index (χ0n) is 20.2. The Morgan fingerprint density at radius 2 is 2.11 bits per heavy atom. The predicted octanol–water partition coefficient (Wildman–Crippen LogP) is 3.31. The number of rotatable bonds is 8. The van der Waals surface area contributed by atoms with Crippen molar-refractivity contribution in [2.24, 2.45) is 13.0 Å². The van der Waals surface area contributed by atoms with Crippen molar-refractivity contribution in [3.63, 3.8) is 0 Å². The lowest BCUT2D eigenvalue weighted by molar-refractivity contribution is 0.579. The predicted molar refractivity (Wildman–Crippen MR) is 141 cm³/mol. The third-order valence-electron chi connectivity index (χ3n) is 6.47. The normalized spacial score (nSPS) is 16.4. The number of aromatic nitrogens is 5. The molecule has 0 radical (unpaired) electrons. The minimum atomic E-state index is -3.55. The molecule has 0 atom stereocenters. The quantitative estimate of drug-likeness (QED) is 0.324. The van der Waals surface area contributed by atoms with Gasteiger partial charge >= 0.3 is 0 Å². The third-order valence-corrected chi connectivity index (χ3v) is 9.68. The lowest BCUT2D eigenvalue weighted by Crippen LogP contribution is -2.25. The molecule has 2 aliphatic rings. The van der Waals surface area contributed by atoms with Crippen LogP contribution in [0, 0.1) is 12.8 Å². The summed E-state index contributed by atoms with van der Waals surface area (Å²) in [4.78, 5) is 9.58. The van der Waals surface area contributed by atoms with Crippen molar-refractivity contribution in [3.8, 4) is 11.3 Å². The van der Waals surface area contributed by atoms with Crippen molar-refractivity contribution < 1.29 is 8.42 Å². The average molecular weight is 525 g/mol. The van der Waals surface area contributed by atoms with Gasteiger partial charge in [-0.1, -0.05) is 6.08 Å². The Hall–Kier alpha value is -3.06. The number of imidazole rings is 1. The fourth-order valence-corrected chi connectivity index (χ4v) is 7.12. The maximum absolute atomic E-state index is 12.9. The van der Waals surface area contributed by atoms with E-state index >= 15 is 0 Å². The first-order valence-electron chi connectivity index (χ1n) is 12.0. The molecule has 0 bridgehead atoms. The van der Waals surface area contributed by atoms with E-state index in [0.717, 1.165) is 54.9 Å². The van der Waals surface area contributed by atoms with Crippen molar-refractivity contribution in [1.82, 2.24) is 34.2 Å². The Bertz CT molecular complexity index is 1580. The number of hydrogen-bond donors (Lipinski definition) is 3. The van der Waals surface area contributed by atoms with E-state index in [9.17, 15) is 8.42 Å². The second kappa shape index (κ2) is 9.11. The topological polar surface area (TPSA) is 118 Å². The SMILES string of the molecule is Cc1cc(Nc2nc(C3=CCCNC3)cn3c(-c4cnn(C)c4)cnc23)sc1S(=O)(=O)NCC1CC1. The second-order valence-corrected chi connectivity index (χ2v) is 12.4. The van der Waals surface area contributed by atoms with Crippen LogP contribution in [-0.2, 0) is 17.1 Å². The van der Waals surface area contributed by atoms with E-state index < -0.39 is 10.0 Å². The van der Waals surface area contributed by atoms with Gasteiger partial charge in [-0.2, -0.15) is 5.10 Å². The van der Waals surface area contributed by atoms with Gasteiger partial charge in [0.05, 0.1) is 28.8 Å². The number of anilines is 2. The monoisotopic (exact) mass is 524 g/mol. The molecule has 3 N–H and O–H groups in total. The first kappa shape index (κ1) is 23.3. The van der Waals surface area contributed by atoms with E-state index in [4.69, 9.17) is 4.98 Å². The number of nitrogens with one attached hydrogen (secondary N) is 3. The summed E-state index contributed by atoms with van der Waals surface area (Å²) < 4.78 is 32.7. The zero-order valence-corrected chi connectivity index (χ0v) is 21.8. The minimum Gasteiger partial charge on any atom is -0.329 e. The van der Waals surface area contributed by atoms with Crippen LogP contribution in [0.1, 0.15) is 30.5 Å². The van der Waals surface area contributed by atoms with Crippen LogP contribution in [0.3, 0.4) is 0 Å². The zero-order chi connectivity index (χ0) is 24.9. The largest absolute Gasteiger partial charge is 0.329 e. The van der Waals surface area contributed by atoms with Crippen molar-refractivity contribution in [2.75, 3.05) is 25.0 Å². The number of nitrogens with zero attached hydrogens (tertiary/aromatic N) is 5. The maximum atomic E-state index is 12.9. The maximum Gasteiger partial charge on any atom is 0.250 e. The van der Waals surface area contributed by atoms with E-state index in [2.05, 4.69) is 31.5 Å². The molecule has 36 heavy (non-hydrogen) atoms. The molecule has 0 amide bonds. The highest BCUT2D eigenvalue weighted by Gasteiger charge is 2.27. The third kappa shape index (κ3) is 4.57. The summed E-state index contributed by atoms with van der Waals surface area (Å²) in [7, 11) is -1.67. The van der Waals surface area contributed by atoms with Crippen LogP contribution in [0.25, 0.3) is 22.5 Å². The molecule has 0 spiro atoms. The van der Waals surface area contributed by atoms with Crippen molar-refractivity contribution in [2.45, 2.75) is 30.4 Å². The first-order chi connectivity index (χ1) is 17.4. The highest BCUT2D eigenvalue weighted by atomic mass is 32.2. The Morgan fingerprint density at radius 1 is 1.25 bits per heavy atom. The number of aryl methyl sites for hydroxylation is 2. The number of hydrogen-bond acceptors (Lipinski definition) is 8. The molecule has 0 aromatic carbocycles. The summed E-state index contributed by atoms with van der Waals surface area (Å²) in [6.45, 7) is 4.01. The second-order valence-electron chi connectivity index (χ2n) is 9.41. The molecule has 4 aromatic heterocycles. The molecule has 6 rings (SSSR count). The molecular weight excluding hydrogens is 496 g/mol. The summed E-state index contributed by atoms with van der Waals surface area (Å²) in [5.74, 6) is 1.04. The average Bonchev–Trinajstić information content (AvgIpc) is 3.23. The van der Waals surface area contributed by atoms with Gasteiger partial charge in [0.25, 0.3) is 0 Å². The summed E-state index contributed by atoms with van der Waals surface area (Å²) in [5.41, 5.74) is 5.18. The molecule has 1 fully saturated rings. The van der Waals surface area contributed by atoms with E-state index in [1.54, 1.807) is 4.68 Å². The van der Waals surface area contributed by atoms with E-state index in [-0.39, 0.29) is 0 Å². The van der Waals surface area contributed by atoms with Crippen LogP contribution >= 0.6 is 11.3 Å². The molecule has 10 nitrogen and oxygen atoms in total. The highest BCUT2D eigenvalue weighted by molar-refractivity contribution is 7.91. The van der Waals surface area contributed by atoms with Gasteiger partial charge in [0.1, 0.15) is 4.21 Å². The summed E-state index contributed by atoms with van der Waals surface area (Å²) in [5, 5.41) is 11.8. The van der Waals surface area contributed by atoms with Crippen molar-refractivity contribution in [1.29, 1.82) is 0 Å². The van der Waals surface area contributed by atoms with Gasteiger partial charge in [0.15, 0.2) is 11.5 Å². The molecule has 5 heterocycles. The van der Waals surface area contributed by atoms with Gasteiger partial charge in [-0.15, -0.1) is 11.3 Å². The Kier molecular flexibility index (Phi) is 5.91. The number of fused-ring (bicyclic) bond motifs is 1. The van der Waals surface area contributed by atoms with Gasteiger partial charge in [-0.05, 0) is 55.9 Å². The smallest absolute Gasteiger partial charge is 0.250 e. The van der Waals surface area contributed by atoms with Gasteiger partial charge in [0, 0.05) is 38.1 Å². The van der Waals surface area contributed by atoms with Crippen LogP contribution in [0.2, 0.25) is 0 Å². The molecule has 12 heteroatoms. The molecular formula is C24H28N8O2S2. The Morgan fingerprint density at radius 3 is 2.83 bits per heavy atom. The van der Waals surface area contributed by atoms with Gasteiger partial charge in [-0.3, -0.25) is 9.08 Å². The standard InChI is InChI=1S/C24H28N8O2S2/c1-15-8-21(35-24(15)36(33,34)28-9-16-5-6-16)30-22-23-26-12-20(18-11-27-31(2)13-18)32(23)14-19(29-22)17-4-3-7-25-10-17/h4,8,11-14,16,25,28H,3,5-7,9-10H2,1-2H3,(H,29,30). The lowest BCUT2D eigenvalue weighted by atomic mass is 10.1. The number of sulfonamides is 1. The van der Waals surface area contributed by atoms with Gasteiger partial charge in [0.2, 0.25) is 10.0 Å². The lowest BCUT2D eigenvalue weighted by Gasteiger charge is -2.16. The molecule has 4 aromatic rings. The summed E-state index contributed by atoms with van der Waals surface area (Å²) >= 11 is 1.21. The molecule has 188 valence electrons. The van der Waals surface area contributed by atoms with Crippen LogP contribution in [0.15, 0.2) is 41.1 Å².